The summed E-state index contributed by atoms with van der Waals surface area (Å²) in [7, 11) is 0. The van der Waals surface area contributed by atoms with Gasteiger partial charge in [-0.25, -0.2) is 0 Å². The third-order valence-electron chi connectivity index (χ3n) is 1.72. The number of carbonyl (C=O) groups excluding carboxylic acids is 1. The lowest BCUT2D eigenvalue weighted by Gasteiger charge is -2.27. The van der Waals surface area contributed by atoms with Crippen molar-refractivity contribution in [2.24, 2.45) is 5.73 Å². The molecule has 0 radical (unpaired) electrons. The van der Waals surface area contributed by atoms with Gasteiger partial charge >= 0.3 is 11.9 Å². The van der Waals surface area contributed by atoms with Crippen LogP contribution >= 0.6 is 0 Å². The molecule has 0 fully saturated rings. The van der Waals surface area contributed by atoms with Crippen LogP contribution < -0.4 is 5.73 Å². The molecule has 3 N–H and O–H groups in total. The average molecular weight is 217 g/mol. The van der Waals surface area contributed by atoms with Crippen molar-refractivity contribution < 1.29 is 19.4 Å². The van der Waals surface area contributed by atoms with E-state index in [1.165, 1.54) is 6.92 Å². The Kier molecular flexibility index (Phi) is 4.27. The van der Waals surface area contributed by atoms with Crippen molar-refractivity contribution >= 4 is 11.9 Å². The topological polar surface area (TPSA) is 89.6 Å². The summed E-state index contributed by atoms with van der Waals surface area (Å²) in [4.78, 5) is 21.9. The zero-order valence-electron chi connectivity index (χ0n) is 9.66. The van der Waals surface area contributed by atoms with Crippen LogP contribution in [0.1, 0.15) is 40.5 Å². The number of carboxylic acids is 1. The molecule has 0 heterocycles. The summed E-state index contributed by atoms with van der Waals surface area (Å²) >= 11 is 0. The summed E-state index contributed by atoms with van der Waals surface area (Å²) < 4.78 is 5.08. The zero-order valence-corrected chi connectivity index (χ0v) is 9.66. The Morgan fingerprint density at radius 1 is 1.27 bits per heavy atom. The van der Waals surface area contributed by atoms with Gasteiger partial charge in [0.05, 0.1) is 0 Å². The van der Waals surface area contributed by atoms with E-state index in [1.807, 2.05) is 0 Å². The first-order chi connectivity index (χ1) is 6.54. The third-order valence-corrected chi connectivity index (χ3v) is 1.72. The molecule has 0 amide bonds. The van der Waals surface area contributed by atoms with Gasteiger partial charge in [-0.1, -0.05) is 0 Å². The largest absolute Gasteiger partial charge is 0.481 e. The number of carbonyl (C=O) groups is 2. The van der Waals surface area contributed by atoms with E-state index in [2.05, 4.69) is 0 Å². The van der Waals surface area contributed by atoms with Gasteiger partial charge in [0.1, 0.15) is 11.1 Å². The Balaban J connectivity index is 4.32. The first-order valence-corrected chi connectivity index (χ1v) is 4.79. The highest BCUT2D eigenvalue weighted by molar-refractivity contribution is 5.81. The van der Waals surface area contributed by atoms with E-state index in [9.17, 15) is 9.59 Å². The maximum absolute atomic E-state index is 11.6. The van der Waals surface area contributed by atoms with Gasteiger partial charge in [-0.3, -0.25) is 9.59 Å². The molecule has 1 atom stereocenters. The molecule has 5 heteroatoms. The molecule has 0 aliphatic heterocycles. The summed E-state index contributed by atoms with van der Waals surface area (Å²) in [5.41, 5.74) is 3.82. The Morgan fingerprint density at radius 3 is 2.07 bits per heavy atom. The van der Waals surface area contributed by atoms with E-state index in [-0.39, 0.29) is 12.8 Å². The normalized spacial score (nSPS) is 15.5. The van der Waals surface area contributed by atoms with E-state index in [4.69, 9.17) is 15.6 Å². The maximum Gasteiger partial charge on any atom is 0.326 e. The highest BCUT2D eigenvalue weighted by Crippen LogP contribution is 2.16. The molecule has 0 aliphatic rings. The molecule has 0 bridgehead atoms. The molecular formula is C10H19NO4. The molecule has 0 unspecified atom stereocenters. The van der Waals surface area contributed by atoms with Gasteiger partial charge in [-0.15, -0.1) is 0 Å². The molecule has 0 spiro atoms. The van der Waals surface area contributed by atoms with Gasteiger partial charge in [-0.05, 0) is 34.1 Å². The predicted molar refractivity (Wildman–Crippen MR) is 55.3 cm³/mol. The Hall–Kier alpha value is -1.10. The first-order valence-electron chi connectivity index (χ1n) is 4.79. The van der Waals surface area contributed by atoms with E-state index in [1.54, 1.807) is 20.8 Å². The molecular weight excluding hydrogens is 198 g/mol. The Labute approximate surface area is 89.6 Å². The lowest BCUT2D eigenvalue weighted by Crippen LogP contribution is -2.48. The van der Waals surface area contributed by atoms with Crippen molar-refractivity contribution in [3.8, 4) is 0 Å². The standard InChI is InChI=1S/C10H19NO4/c1-9(2,3)15-8(14)10(4,11)6-5-7(12)13/h5-6,11H2,1-4H3,(H,12,13)/t10-/m0/s1. The van der Waals surface area contributed by atoms with E-state index in [0.29, 0.717) is 0 Å². The SMILES string of the molecule is CC(C)(C)OC(=O)[C@@](C)(N)CCC(=O)O. The molecule has 0 saturated heterocycles. The molecule has 0 rings (SSSR count). The average Bonchev–Trinajstić information content (AvgIpc) is 1.97. The summed E-state index contributed by atoms with van der Waals surface area (Å²) in [5.74, 6) is -1.55. The molecule has 0 aliphatic carbocycles. The molecule has 0 aromatic carbocycles. The molecule has 15 heavy (non-hydrogen) atoms. The number of ether oxygens (including phenoxy) is 1. The summed E-state index contributed by atoms with van der Waals surface area (Å²) in [5, 5.41) is 8.48. The van der Waals surface area contributed by atoms with Crippen LogP contribution in [0.2, 0.25) is 0 Å². The minimum atomic E-state index is -1.24. The van der Waals surface area contributed by atoms with Crippen LogP contribution in [0.3, 0.4) is 0 Å². The first kappa shape index (κ1) is 13.9. The summed E-state index contributed by atoms with van der Waals surface area (Å²) in [6.07, 6.45) is -0.0799. The molecule has 0 aromatic heterocycles. The van der Waals surface area contributed by atoms with Crippen molar-refractivity contribution in [1.29, 1.82) is 0 Å². The number of nitrogens with two attached hydrogens (primary N) is 1. The minimum absolute atomic E-state index is 0.0667. The lowest BCUT2D eigenvalue weighted by atomic mass is 9.97. The van der Waals surface area contributed by atoms with E-state index >= 15 is 0 Å². The molecule has 0 aromatic rings. The van der Waals surface area contributed by atoms with Crippen LogP contribution in [0.15, 0.2) is 0 Å². The van der Waals surface area contributed by atoms with Crippen LogP contribution in [0.5, 0.6) is 0 Å². The molecule has 0 saturated carbocycles. The van der Waals surface area contributed by atoms with Gasteiger partial charge in [0, 0.05) is 6.42 Å². The minimum Gasteiger partial charge on any atom is -0.481 e. The third kappa shape index (κ3) is 6.06. The van der Waals surface area contributed by atoms with Crippen LogP contribution in [0.4, 0.5) is 0 Å². The van der Waals surface area contributed by atoms with Crippen molar-refractivity contribution in [3.63, 3.8) is 0 Å². The quantitative estimate of drug-likeness (QED) is 0.683. The number of esters is 1. The van der Waals surface area contributed by atoms with E-state index in [0.717, 1.165) is 0 Å². The van der Waals surface area contributed by atoms with Crippen LogP contribution in [0, 0.1) is 0 Å². The van der Waals surface area contributed by atoms with Gasteiger partial charge < -0.3 is 15.6 Å². The number of aliphatic carboxylic acids is 1. The highest BCUT2D eigenvalue weighted by atomic mass is 16.6. The van der Waals surface area contributed by atoms with Crippen LogP contribution in [0.25, 0.3) is 0 Å². The van der Waals surface area contributed by atoms with Gasteiger partial charge in [0.15, 0.2) is 0 Å². The summed E-state index contributed by atoms with van der Waals surface area (Å²) in [6, 6.07) is 0. The maximum atomic E-state index is 11.6. The Bertz CT molecular complexity index is 253. The van der Waals surface area contributed by atoms with Gasteiger partial charge in [-0.2, -0.15) is 0 Å². The van der Waals surface area contributed by atoms with Gasteiger partial charge in [0.2, 0.25) is 0 Å². The fourth-order valence-corrected chi connectivity index (χ4v) is 0.863. The Morgan fingerprint density at radius 2 is 1.73 bits per heavy atom. The second kappa shape index (κ2) is 4.61. The highest BCUT2D eigenvalue weighted by Gasteiger charge is 2.33. The van der Waals surface area contributed by atoms with Gasteiger partial charge in [0.25, 0.3) is 0 Å². The fourth-order valence-electron chi connectivity index (χ4n) is 0.863. The second-order valence-corrected chi connectivity index (χ2v) is 4.81. The van der Waals surface area contributed by atoms with Crippen molar-refractivity contribution in [1.82, 2.24) is 0 Å². The number of hydrogen-bond donors (Lipinski definition) is 2. The smallest absolute Gasteiger partial charge is 0.326 e. The molecule has 88 valence electrons. The zero-order chi connectivity index (χ0) is 12.3. The molecule has 5 nitrogen and oxygen atoms in total. The van der Waals surface area contributed by atoms with Crippen molar-refractivity contribution in [3.05, 3.63) is 0 Å². The fraction of sp³-hybridized carbons (Fsp3) is 0.800. The predicted octanol–water partition coefficient (Wildman–Crippen LogP) is 0.910. The second-order valence-electron chi connectivity index (χ2n) is 4.81. The monoisotopic (exact) mass is 217 g/mol. The number of hydrogen-bond acceptors (Lipinski definition) is 4. The van der Waals surface area contributed by atoms with Crippen LogP contribution in [-0.2, 0) is 14.3 Å². The number of rotatable bonds is 4. The van der Waals surface area contributed by atoms with Crippen LogP contribution in [-0.4, -0.2) is 28.2 Å². The van der Waals surface area contributed by atoms with Crippen molar-refractivity contribution in [2.75, 3.05) is 0 Å². The lowest BCUT2D eigenvalue weighted by molar-refractivity contribution is -0.161. The van der Waals surface area contributed by atoms with Crippen molar-refractivity contribution in [2.45, 2.75) is 51.7 Å². The van der Waals surface area contributed by atoms with E-state index < -0.39 is 23.1 Å². The number of carboxylic acid groups (broad SMARTS) is 1. The summed E-state index contributed by atoms with van der Waals surface area (Å²) in [6.45, 7) is 6.68.